The molecule has 4 heteroatoms. The molecule has 2 aromatic rings. The van der Waals surface area contributed by atoms with Gasteiger partial charge in [0.05, 0.1) is 0 Å². The summed E-state index contributed by atoms with van der Waals surface area (Å²) in [6, 6.07) is 15.1. The predicted molar refractivity (Wildman–Crippen MR) is 117 cm³/mol. The Labute approximate surface area is 167 Å². The van der Waals surface area contributed by atoms with E-state index in [-0.39, 0.29) is 16.6 Å². The first-order valence-corrected chi connectivity index (χ1v) is 11.0. The molecule has 1 fully saturated rings. The number of piperidine rings is 1. The van der Waals surface area contributed by atoms with Crippen LogP contribution in [0.1, 0.15) is 39.2 Å². The summed E-state index contributed by atoms with van der Waals surface area (Å²) in [5.41, 5.74) is 1.38. The third-order valence-corrected chi connectivity index (χ3v) is 6.44. The van der Waals surface area contributed by atoms with Gasteiger partial charge in [-0.2, -0.15) is 11.8 Å². The molecule has 2 aromatic carbocycles. The Kier molecular flexibility index (Phi) is 6.83. The molecule has 0 bridgehead atoms. The van der Waals surface area contributed by atoms with E-state index in [1.807, 2.05) is 11.8 Å². The lowest BCUT2D eigenvalue weighted by Crippen LogP contribution is -2.40. The molecule has 0 unspecified atom stereocenters. The Bertz CT molecular complexity index is 755. The highest BCUT2D eigenvalue weighted by molar-refractivity contribution is 8.00. The minimum Gasteiger partial charge on any atom is -0.355 e. The molecule has 1 saturated heterocycles. The molecule has 3 nitrogen and oxygen atoms in total. The van der Waals surface area contributed by atoms with E-state index in [0.717, 1.165) is 44.8 Å². The molecule has 0 saturated carbocycles. The van der Waals surface area contributed by atoms with E-state index in [4.69, 9.17) is 0 Å². The number of nitrogens with one attached hydrogen (secondary N) is 1. The van der Waals surface area contributed by atoms with Gasteiger partial charge in [0.1, 0.15) is 0 Å². The van der Waals surface area contributed by atoms with Crippen LogP contribution in [-0.2, 0) is 11.3 Å². The summed E-state index contributed by atoms with van der Waals surface area (Å²) in [4.78, 5) is 14.9. The van der Waals surface area contributed by atoms with Gasteiger partial charge in [-0.15, -0.1) is 0 Å². The maximum absolute atomic E-state index is 12.4. The second-order valence-corrected chi connectivity index (χ2v) is 10.4. The van der Waals surface area contributed by atoms with E-state index in [0.29, 0.717) is 0 Å². The van der Waals surface area contributed by atoms with Crippen LogP contribution in [-0.4, -0.2) is 40.9 Å². The van der Waals surface area contributed by atoms with Crippen molar-refractivity contribution in [2.45, 2.75) is 44.9 Å². The molecule has 3 rings (SSSR count). The maximum atomic E-state index is 12.4. The van der Waals surface area contributed by atoms with Crippen molar-refractivity contribution in [1.82, 2.24) is 10.2 Å². The van der Waals surface area contributed by atoms with Gasteiger partial charge in [-0.3, -0.25) is 9.69 Å². The van der Waals surface area contributed by atoms with Crippen LogP contribution < -0.4 is 5.32 Å². The van der Waals surface area contributed by atoms with Crippen molar-refractivity contribution in [3.05, 3.63) is 48.0 Å². The molecule has 1 aliphatic rings. The fourth-order valence-electron chi connectivity index (χ4n) is 3.70. The lowest BCUT2D eigenvalue weighted by molar-refractivity contribution is -0.126. The predicted octanol–water partition coefficient (Wildman–Crippen LogP) is 4.70. The van der Waals surface area contributed by atoms with Crippen LogP contribution in [0.2, 0.25) is 0 Å². The van der Waals surface area contributed by atoms with Gasteiger partial charge in [-0.25, -0.2) is 0 Å². The number of likely N-dealkylation sites (tertiary alicyclic amines) is 1. The van der Waals surface area contributed by atoms with Gasteiger partial charge in [0, 0.05) is 29.5 Å². The fourth-order valence-corrected chi connectivity index (χ4v) is 4.52. The number of hydrogen-bond acceptors (Lipinski definition) is 3. The summed E-state index contributed by atoms with van der Waals surface area (Å²) in [5.74, 6) is 1.40. The average Bonchev–Trinajstić information content (AvgIpc) is 2.65. The molecule has 1 N–H and O–H groups in total. The standard InChI is InChI=1S/C23H32N2OS/c1-23(2,3)27-16-13-24-22(26)19-11-14-25(15-12-19)17-20-9-6-8-18-7-4-5-10-21(18)20/h4-10,19H,11-17H2,1-3H3,(H,24,26). The number of thioether (sulfide) groups is 1. The zero-order valence-electron chi connectivity index (χ0n) is 16.8. The van der Waals surface area contributed by atoms with Gasteiger partial charge in [-0.05, 0) is 42.3 Å². The molecular weight excluding hydrogens is 352 g/mol. The number of hydrogen-bond donors (Lipinski definition) is 1. The average molecular weight is 385 g/mol. The molecule has 1 amide bonds. The quantitative estimate of drug-likeness (QED) is 0.733. The number of carbonyl (C=O) groups is 1. The summed E-state index contributed by atoms with van der Waals surface area (Å²) < 4.78 is 0.262. The molecule has 0 atom stereocenters. The second-order valence-electron chi connectivity index (χ2n) is 8.44. The van der Waals surface area contributed by atoms with Crippen molar-refractivity contribution in [3.63, 3.8) is 0 Å². The molecule has 146 valence electrons. The number of amides is 1. The van der Waals surface area contributed by atoms with E-state index in [2.05, 4.69) is 73.5 Å². The number of carbonyl (C=O) groups excluding carboxylic acids is 1. The van der Waals surface area contributed by atoms with Gasteiger partial charge in [0.25, 0.3) is 0 Å². The third kappa shape index (κ3) is 5.98. The third-order valence-electron chi connectivity index (χ3n) is 5.17. The van der Waals surface area contributed by atoms with Crippen LogP contribution >= 0.6 is 11.8 Å². The first kappa shape index (κ1) is 20.2. The van der Waals surface area contributed by atoms with Crippen molar-refractivity contribution in [2.75, 3.05) is 25.4 Å². The van der Waals surface area contributed by atoms with Crippen LogP contribution in [0, 0.1) is 5.92 Å². The van der Waals surface area contributed by atoms with Crippen molar-refractivity contribution in [2.24, 2.45) is 5.92 Å². The van der Waals surface area contributed by atoms with Crippen molar-refractivity contribution in [1.29, 1.82) is 0 Å². The van der Waals surface area contributed by atoms with Gasteiger partial charge >= 0.3 is 0 Å². The molecule has 27 heavy (non-hydrogen) atoms. The fraction of sp³-hybridized carbons (Fsp3) is 0.522. The summed E-state index contributed by atoms with van der Waals surface area (Å²) in [5, 5.41) is 5.78. The van der Waals surface area contributed by atoms with E-state index in [1.165, 1.54) is 16.3 Å². The van der Waals surface area contributed by atoms with Crippen molar-refractivity contribution >= 4 is 28.4 Å². The number of benzene rings is 2. The van der Waals surface area contributed by atoms with Gasteiger partial charge < -0.3 is 5.32 Å². The summed E-state index contributed by atoms with van der Waals surface area (Å²) in [6.45, 7) is 10.4. The zero-order chi connectivity index (χ0) is 19.3. The minimum absolute atomic E-state index is 0.174. The highest BCUT2D eigenvalue weighted by Gasteiger charge is 2.25. The van der Waals surface area contributed by atoms with E-state index in [1.54, 1.807) is 0 Å². The number of fused-ring (bicyclic) bond motifs is 1. The van der Waals surface area contributed by atoms with Crippen LogP contribution in [0.5, 0.6) is 0 Å². The molecule has 1 aliphatic heterocycles. The van der Waals surface area contributed by atoms with E-state index >= 15 is 0 Å². The summed E-state index contributed by atoms with van der Waals surface area (Å²) in [7, 11) is 0. The Morgan fingerprint density at radius 2 is 1.81 bits per heavy atom. The van der Waals surface area contributed by atoms with Crippen molar-refractivity contribution in [3.8, 4) is 0 Å². The summed E-state index contributed by atoms with van der Waals surface area (Å²) >= 11 is 1.90. The van der Waals surface area contributed by atoms with Crippen LogP contribution in [0.3, 0.4) is 0 Å². The lowest BCUT2D eigenvalue weighted by atomic mass is 9.95. The Hall–Kier alpha value is -1.52. The smallest absolute Gasteiger partial charge is 0.223 e. The van der Waals surface area contributed by atoms with E-state index < -0.39 is 0 Å². The molecule has 1 heterocycles. The molecule has 0 spiro atoms. The molecular formula is C23H32N2OS. The van der Waals surface area contributed by atoms with Crippen LogP contribution in [0.4, 0.5) is 0 Å². The topological polar surface area (TPSA) is 32.3 Å². The van der Waals surface area contributed by atoms with Gasteiger partial charge in [0.2, 0.25) is 5.91 Å². The van der Waals surface area contributed by atoms with Gasteiger partial charge in [-0.1, -0.05) is 63.2 Å². The molecule has 0 aliphatic carbocycles. The SMILES string of the molecule is CC(C)(C)SCCNC(=O)C1CCN(Cc2cccc3ccccc23)CC1. The number of nitrogens with zero attached hydrogens (tertiary/aromatic N) is 1. The Balaban J connectivity index is 1.45. The van der Waals surface area contributed by atoms with Gasteiger partial charge in [0.15, 0.2) is 0 Å². The molecule has 0 aromatic heterocycles. The van der Waals surface area contributed by atoms with Crippen molar-refractivity contribution < 1.29 is 4.79 Å². The highest BCUT2D eigenvalue weighted by atomic mass is 32.2. The zero-order valence-corrected chi connectivity index (χ0v) is 17.6. The maximum Gasteiger partial charge on any atom is 0.223 e. The van der Waals surface area contributed by atoms with Crippen LogP contribution in [0.25, 0.3) is 10.8 Å². The van der Waals surface area contributed by atoms with E-state index in [9.17, 15) is 4.79 Å². The molecule has 0 radical (unpaired) electrons. The second kappa shape index (κ2) is 9.11. The largest absolute Gasteiger partial charge is 0.355 e. The number of rotatable bonds is 6. The monoisotopic (exact) mass is 384 g/mol. The first-order valence-electron chi connectivity index (χ1n) is 10.0. The Morgan fingerprint density at radius 3 is 2.56 bits per heavy atom. The summed E-state index contributed by atoms with van der Waals surface area (Å²) in [6.07, 6.45) is 1.92. The highest BCUT2D eigenvalue weighted by Crippen LogP contribution is 2.24. The minimum atomic E-state index is 0.174. The Morgan fingerprint density at radius 1 is 1.11 bits per heavy atom. The first-order chi connectivity index (χ1) is 12.9. The normalized spacial score (nSPS) is 16.6. The lowest BCUT2D eigenvalue weighted by Gasteiger charge is -2.31. The van der Waals surface area contributed by atoms with Crippen LogP contribution in [0.15, 0.2) is 42.5 Å².